The fourth-order valence-corrected chi connectivity index (χ4v) is 4.91. The average Bonchev–Trinajstić information content (AvgIpc) is 2.42. The van der Waals surface area contributed by atoms with Gasteiger partial charge in [0, 0.05) is 25.9 Å². The van der Waals surface area contributed by atoms with Gasteiger partial charge in [0.25, 0.3) is 0 Å². The quantitative estimate of drug-likeness (QED) is 0.615. The van der Waals surface area contributed by atoms with Gasteiger partial charge < -0.3 is 13.3 Å². The molecule has 0 aromatic heterocycles. The second-order valence-corrected chi connectivity index (χ2v) is 7.31. The molecule has 0 saturated heterocycles. The predicted octanol–water partition coefficient (Wildman–Crippen LogP) is 3.77. The fraction of sp³-hybridized carbons (Fsp3) is 0.625. The predicted molar refractivity (Wildman–Crippen MR) is 84.8 cm³/mol. The first kappa shape index (κ1) is 17.4. The van der Waals surface area contributed by atoms with Gasteiger partial charge in [-0.05, 0) is 38.3 Å². The van der Waals surface area contributed by atoms with Crippen LogP contribution in [-0.4, -0.2) is 28.6 Å². The summed E-state index contributed by atoms with van der Waals surface area (Å²) in [7, 11) is -2.57. The lowest BCUT2D eigenvalue weighted by Crippen LogP contribution is -2.48. The Morgan fingerprint density at radius 2 is 1.20 bits per heavy atom. The summed E-state index contributed by atoms with van der Waals surface area (Å²) in [4.78, 5) is 0. The summed E-state index contributed by atoms with van der Waals surface area (Å²) < 4.78 is 17.7. The van der Waals surface area contributed by atoms with Crippen LogP contribution in [0.15, 0.2) is 24.3 Å². The van der Waals surface area contributed by atoms with Crippen molar-refractivity contribution in [3.05, 3.63) is 35.4 Å². The minimum Gasteiger partial charge on any atom is -0.374 e. The van der Waals surface area contributed by atoms with Crippen LogP contribution < -0.4 is 0 Å². The molecule has 0 aliphatic heterocycles. The average molecular weight is 296 g/mol. The Hall–Kier alpha value is -0.683. The Morgan fingerprint density at radius 1 is 0.750 bits per heavy atom. The first-order chi connectivity index (χ1) is 9.69. The smallest absolute Gasteiger partial charge is 0.374 e. The van der Waals surface area contributed by atoms with Crippen molar-refractivity contribution in [2.45, 2.75) is 46.6 Å². The highest BCUT2D eigenvalue weighted by Gasteiger charge is 2.40. The maximum Gasteiger partial charge on any atom is 0.505 e. The molecule has 0 aliphatic carbocycles. The number of rotatable bonds is 10. The zero-order chi connectivity index (χ0) is 14.8. The molecule has 0 aliphatic rings. The van der Waals surface area contributed by atoms with E-state index in [1.54, 1.807) is 0 Å². The summed E-state index contributed by atoms with van der Waals surface area (Å²) in [5, 5.41) is 0. The van der Waals surface area contributed by atoms with E-state index in [-0.39, 0.29) is 0 Å². The summed E-state index contributed by atoms with van der Waals surface area (Å²) in [6, 6.07) is 9.48. The van der Waals surface area contributed by atoms with E-state index in [4.69, 9.17) is 13.3 Å². The van der Waals surface area contributed by atoms with Gasteiger partial charge in [-0.2, -0.15) is 0 Å². The van der Waals surface area contributed by atoms with Crippen molar-refractivity contribution in [2.75, 3.05) is 19.8 Å². The van der Waals surface area contributed by atoms with Gasteiger partial charge in [0.1, 0.15) is 0 Å². The van der Waals surface area contributed by atoms with Crippen LogP contribution in [0.2, 0.25) is 0 Å². The van der Waals surface area contributed by atoms with Crippen molar-refractivity contribution >= 4 is 8.80 Å². The van der Waals surface area contributed by atoms with Gasteiger partial charge in [-0.3, -0.25) is 0 Å². The standard InChI is InChI=1S/C16H28O3Si/c1-5-9-15-10-12-16(13-11-15)14-20(17-6-2,18-7-3)19-8-4/h10-13H,5-9,14H2,1-4H3. The Kier molecular flexibility index (Phi) is 8.07. The monoisotopic (exact) mass is 296 g/mol. The number of benzene rings is 1. The first-order valence-corrected chi connectivity index (χ1v) is 9.62. The van der Waals surface area contributed by atoms with E-state index in [0.29, 0.717) is 19.8 Å². The molecule has 0 amide bonds. The van der Waals surface area contributed by atoms with Gasteiger partial charge in [-0.25, -0.2) is 0 Å². The molecule has 1 aromatic carbocycles. The lowest BCUT2D eigenvalue weighted by molar-refractivity contribution is 0.0704. The summed E-state index contributed by atoms with van der Waals surface area (Å²) in [6.07, 6.45) is 2.31. The maximum absolute atomic E-state index is 5.89. The molecule has 0 bridgehead atoms. The number of hydrogen-bond acceptors (Lipinski definition) is 3. The minimum absolute atomic E-state index is 0.625. The maximum atomic E-state index is 5.89. The Labute approximate surface area is 124 Å². The molecule has 0 unspecified atom stereocenters. The molecule has 0 radical (unpaired) electrons. The van der Waals surface area contributed by atoms with Crippen LogP contribution >= 0.6 is 0 Å². The Morgan fingerprint density at radius 3 is 1.60 bits per heavy atom. The van der Waals surface area contributed by atoms with Gasteiger partial charge >= 0.3 is 8.80 Å². The molecular weight excluding hydrogens is 268 g/mol. The van der Waals surface area contributed by atoms with Gasteiger partial charge in [-0.1, -0.05) is 37.6 Å². The molecule has 1 rings (SSSR count). The zero-order valence-electron chi connectivity index (χ0n) is 13.3. The lowest BCUT2D eigenvalue weighted by atomic mass is 10.1. The summed E-state index contributed by atoms with van der Waals surface area (Å²) in [5.74, 6) is 0. The second kappa shape index (κ2) is 9.29. The molecule has 114 valence electrons. The first-order valence-electron chi connectivity index (χ1n) is 7.69. The molecule has 0 atom stereocenters. The molecule has 3 nitrogen and oxygen atoms in total. The molecular formula is C16H28O3Si. The van der Waals surface area contributed by atoms with Crippen LogP contribution in [-0.2, 0) is 25.7 Å². The van der Waals surface area contributed by atoms with E-state index in [1.165, 1.54) is 17.5 Å². The van der Waals surface area contributed by atoms with Crippen LogP contribution in [0.25, 0.3) is 0 Å². The largest absolute Gasteiger partial charge is 0.505 e. The third-order valence-corrected chi connectivity index (χ3v) is 6.10. The van der Waals surface area contributed by atoms with E-state index in [2.05, 4.69) is 31.2 Å². The summed E-state index contributed by atoms with van der Waals surface area (Å²) >= 11 is 0. The fourth-order valence-electron chi connectivity index (χ4n) is 2.30. The van der Waals surface area contributed by atoms with Crippen molar-refractivity contribution in [3.8, 4) is 0 Å². The van der Waals surface area contributed by atoms with Crippen molar-refractivity contribution < 1.29 is 13.3 Å². The minimum atomic E-state index is -2.57. The Bertz CT molecular complexity index is 347. The van der Waals surface area contributed by atoms with Crippen LogP contribution in [0.3, 0.4) is 0 Å². The van der Waals surface area contributed by atoms with Crippen molar-refractivity contribution in [1.82, 2.24) is 0 Å². The topological polar surface area (TPSA) is 27.7 Å². The van der Waals surface area contributed by atoms with Crippen molar-refractivity contribution in [2.24, 2.45) is 0 Å². The van der Waals surface area contributed by atoms with E-state index >= 15 is 0 Å². The molecule has 0 N–H and O–H groups in total. The highest BCUT2D eigenvalue weighted by atomic mass is 28.4. The molecule has 1 aromatic rings. The second-order valence-electron chi connectivity index (χ2n) is 4.73. The van der Waals surface area contributed by atoms with Crippen LogP contribution in [0, 0.1) is 0 Å². The summed E-state index contributed by atoms with van der Waals surface area (Å²) in [6.45, 7) is 10.0. The third kappa shape index (κ3) is 5.36. The lowest BCUT2D eigenvalue weighted by Gasteiger charge is -2.28. The van der Waals surface area contributed by atoms with E-state index in [0.717, 1.165) is 12.5 Å². The van der Waals surface area contributed by atoms with Crippen molar-refractivity contribution in [3.63, 3.8) is 0 Å². The zero-order valence-corrected chi connectivity index (χ0v) is 14.3. The van der Waals surface area contributed by atoms with Crippen LogP contribution in [0.1, 0.15) is 45.2 Å². The van der Waals surface area contributed by atoms with Crippen molar-refractivity contribution in [1.29, 1.82) is 0 Å². The van der Waals surface area contributed by atoms with Gasteiger partial charge in [0.05, 0.1) is 0 Å². The van der Waals surface area contributed by atoms with Gasteiger partial charge in [0.2, 0.25) is 0 Å². The Balaban J connectivity index is 2.81. The van der Waals surface area contributed by atoms with Crippen LogP contribution in [0.5, 0.6) is 0 Å². The van der Waals surface area contributed by atoms with Crippen LogP contribution in [0.4, 0.5) is 0 Å². The molecule has 0 heterocycles. The number of aryl methyl sites for hydroxylation is 1. The van der Waals surface area contributed by atoms with E-state index in [1.807, 2.05) is 20.8 Å². The molecule has 20 heavy (non-hydrogen) atoms. The van der Waals surface area contributed by atoms with Gasteiger partial charge in [-0.15, -0.1) is 0 Å². The normalized spacial score (nSPS) is 11.8. The third-order valence-electron chi connectivity index (χ3n) is 3.08. The van der Waals surface area contributed by atoms with Gasteiger partial charge in [0.15, 0.2) is 0 Å². The van der Waals surface area contributed by atoms with E-state index < -0.39 is 8.80 Å². The number of hydrogen-bond donors (Lipinski definition) is 0. The highest BCUT2D eigenvalue weighted by molar-refractivity contribution is 6.60. The molecule has 0 saturated carbocycles. The SMILES string of the molecule is CCCc1ccc(C[Si](OCC)(OCC)OCC)cc1. The molecule has 0 fully saturated rings. The molecule has 0 spiro atoms. The van der Waals surface area contributed by atoms with E-state index in [9.17, 15) is 0 Å². The molecule has 4 heteroatoms. The summed E-state index contributed by atoms with van der Waals surface area (Å²) in [5.41, 5.74) is 2.61. The highest BCUT2D eigenvalue weighted by Crippen LogP contribution is 2.18.